The van der Waals surface area contributed by atoms with E-state index in [1.165, 1.54) is 22.3 Å². The van der Waals surface area contributed by atoms with E-state index in [-0.39, 0.29) is 5.41 Å². The Morgan fingerprint density at radius 3 is 1.80 bits per heavy atom. The average molecular weight is 650 g/mol. The first kappa shape index (κ1) is 28.3. The van der Waals surface area contributed by atoms with Gasteiger partial charge in [-0.3, -0.25) is 0 Å². The molecule has 0 atom stereocenters. The van der Waals surface area contributed by atoms with Crippen molar-refractivity contribution in [2.45, 2.75) is 29.1 Å². The lowest BCUT2D eigenvalue weighted by Gasteiger charge is -2.34. The molecule has 1 aliphatic carbocycles. The number of rotatable bonds is 3. The average Bonchev–Trinajstić information content (AvgIpc) is 3.38. The maximum atomic E-state index is 6.77. The van der Waals surface area contributed by atoms with Gasteiger partial charge in [0.05, 0.1) is 21.2 Å². The number of hydrogen-bond acceptors (Lipinski definition) is 4. The molecule has 0 bridgehead atoms. The SMILES string of the molecule is CC1(C)c2cc(N3c4ccc(-c5ccccc5)cc4Oc4cc(-c5ccccc5)ccc43)ccc2-c2c1ccc1c2Oc2ccccc2S1. The number of nitrogens with zero attached hydrogens (tertiary/aromatic N) is 1. The molecule has 0 unspecified atom stereocenters. The molecule has 0 saturated heterocycles. The molecular formula is C45H31NO2S. The predicted molar refractivity (Wildman–Crippen MR) is 200 cm³/mol. The minimum absolute atomic E-state index is 0.215. The van der Waals surface area contributed by atoms with Crippen LogP contribution in [0.5, 0.6) is 23.0 Å². The Morgan fingerprint density at radius 2 is 1.12 bits per heavy atom. The van der Waals surface area contributed by atoms with Crippen molar-refractivity contribution in [1.29, 1.82) is 0 Å². The maximum absolute atomic E-state index is 6.77. The van der Waals surface area contributed by atoms with Crippen molar-refractivity contribution in [2.75, 3.05) is 4.90 Å². The number of benzene rings is 7. The lowest BCUT2D eigenvalue weighted by atomic mass is 9.82. The summed E-state index contributed by atoms with van der Waals surface area (Å²) in [6.07, 6.45) is 0. The Balaban J connectivity index is 1.13. The fourth-order valence-corrected chi connectivity index (χ4v) is 8.61. The second-order valence-electron chi connectivity index (χ2n) is 13.4. The molecule has 0 spiro atoms. The third-order valence-corrected chi connectivity index (χ3v) is 11.2. The van der Waals surface area contributed by atoms with E-state index in [9.17, 15) is 0 Å². The molecule has 7 aromatic carbocycles. The Bertz CT molecular complexity index is 2360. The summed E-state index contributed by atoms with van der Waals surface area (Å²) in [6, 6.07) is 53.8. The van der Waals surface area contributed by atoms with Crippen molar-refractivity contribution < 1.29 is 9.47 Å². The zero-order valence-electron chi connectivity index (χ0n) is 27.1. The first-order chi connectivity index (χ1) is 24.0. The first-order valence-electron chi connectivity index (χ1n) is 16.7. The summed E-state index contributed by atoms with van der Waals surface area (Å²) in [5.74, 6) is 3.55. The minimum atomic E-state index is -0.215. The van der Waals surface area contributed by atoms with Gasteiger partial charge in [-0.1, -0.05) is 123 Å². The summed E-state index contributed by atoms with van der Waals surface area (Å²) in [5, 5.41) is 0. The van der Waals surface area contributed by atoms with Crippen molar-refractivity contribution in [1.82, 2.24) is 0 Å². The quantitative estimate of drug-likeness (QED) is 0.190. The van der Waals surface area contributed by atoms with Gasteiger partial charge in [0.1, 0.15) is 11.5 Å². The van der Waals surface area contributed by atoms with Crippen molar-refractivity contribution in [3.63, 3.8) is 0 Å². The third kappa shape index (κ3) is 4.37. The van der Waals surface area contributed by atoms with Gasteiger partial charge in [0, 0.05) is 16.7 Å². The van der Waals surface area contributed by atoms with Crippen LogP contribution in [0.15, 0.2) is 161 Å². The van der Waals surface area contributed by atoms with E-state index < -0.39 is 0 Å². The van der Waals surface area contributed by atoms with Crippen molar-refractivity contribution >= 4 is 28.8 Å². The van der Waals surface area contributed by atoms with E-state index in [0.29, 0.717) is 0 Å². The lowest BCUT2D eigenvalue weighted by Crippen LogP contribution is -2.18. The highest BCUT2D eigenvalue weighted by molar-refractivity contribution is 7.99. The van der Waals surface area contributed by atoms with Crippen LogP contribution < -0.4 is 14.4 Å². The molecule has 234 valence electrons. The highest BCUT2D eigenvalue weighted by atomic mass is 32.2. The molecule has 2 aliphatic heterocycles. The van der Waals surface area contributed by atoms with Gasteiger partial charge in [-0.25, -0.2) is 0 Å². The van der Waals surface area contributed by atoms with Gasteiger partial charge in [-0.05, 0) is 93.5 Å². The van der Waals surface area contributed by atoms with Gasteiger partial charge in [-0.2, -0.15) is 0 Å². The van der Waals surface area contributed by atoms with Crippen LogP contribution in [0.1, 0.15) is 25.0 Å². The molecule has 0 fully saturated rings. The Labute approximate surface area is 290 Å². The van der Waals surface area contributed by atoms with E-state index in [2.05, 4.69) is 164 Å². The summed E-state index contributed by atoms with van der Waals surface area (Å²) in [4.78, 5) is 4.66. The molecule has 10 rings (SSSR count). The van der Waals surface area contributed by atoms with Gasteiger partial charge < -0.3 is 14.4 Å². The smallest absolute Gasteiger partial charge is 0.152 e. The topological polar surface area (TPSA) is 21.7 Å². The number of ether oxygens (including phenoxy) is 2. The maximum Gasteiger partial charge on any atom is 0.152 e. The zero-order chi connectivity index (χ0) is 32.7. The first-order valence-corrected chi connectivity index (χ1v) is 17.5. The standard InChI is InChI=1S/C45H31NO2S/c1-45(2)34-21-24-42-44(48-38-15-9-10-16-41(38)49-42)43(34)33-20-19-32(27-35(33)45)46-36-22-17-30(28-11-5-3-6-12-28)25-39(36)47-40-26-31(18-23-37(40)46)29-13-7-4-8-14-29/h3-27H,1-2H3. The number of fused-ring (bicyclic) bond motifs is 8. The zero-order valence-corrected chi connectivity index (χ0v) is 27.9. The van der Waals surface area contributed by atoms with Crippen LogP contribution in [0.25, 0.3) is 33.4 Å². The molecule has 49 heavy (non-hydrogen) atoms. The predicted octanol–water partition coefficient (Wildman–Crippen LogP) is 13.2. The normalized spacial score (nSPS) is 14.3. The van der Waals surface area contributed by atoms with Crippen LogP contribution in [-0.4, -0.2) is 0 Å². The fourth-order valence-electron chi connectivity index (χ4n) is 7.64. The monoisotopic (exact) mass is 649 g/mol. The molecule has 7 aromatic rings. The Hall–Kier alpha value is -5.71. The van der Waals surface area contributed by atoms with Gasteiger partial charge in [-0.15, -0.1) is 0 Å². The summed E-state index contributed by atoms with van der Waals surface area (Å²) in [7, 11) is 0. The minimum Gasteiger partial charge on any atom is -0.454 e. The highest BCUT2D eigenvalue weighted by Crippen LogP contribution is 2.60. The van der Waals surface area contributed by atoms with Gasteiger partial charge in [0.2, 0.25) is 0 Å². The van der Waals surface area contributed by atoms with Gasteiger partial charge in [0.15, 0.2) is 11.5 Å². The molecule has 2 heterocycles. The molecular weight excluding hydrogens is 619 g/mol. The molecule has 0 aromatic heterocycles. The Morgan fingerprint density at radius 1 is 0.490 bits per heavy atom. The third-order valence-electron chi connectivity index (χ3n) is 10.1. The van der Waals surface area contributed by atoms with Gasteiger partial charge >= 0.3 is 0 Å². The molecule has 0 N–H and O–H groups in total. The van der Waals surface area contributed by atoms with Crippen LogP contribution in [0.3, 0.4) is 0 Å². The molecule has 0 radical (unpaired) electrons. The molecule has 4 heteroatoms. The Kier molecular flexibility index (Phi) is 6.15. The second-order valence-corrected chi connectivity index (χ2v) is 14.4. The fraction of sp³-hybridized carbons (Fsp3) is 0.0667. The molecule has 0 saturated carbocycles. The van der Waals surface area contributed by atoms with Crippen molar-refractivity contribution in [3.8, 4) is 56.4 Å². The summed E-state index contributed by atoms with van der Waals surface area (Å²) < 4.78 is 13.4. The molecule has 3 aliphatic rings. The number of hydrogen-bond donors (Lipinski definition) is 0. The largest absolute Gasteiger partial charge is 0.454 e. The summed E-state index contributed by atoms with van der Waals surface area (Å²) >= 11 is 1.79. The summed E-state index contributed by atoms with van der Waals surface area (Å²) in [6.45, 7) is 4.66. The van der Waals surface area contributed by atoms with Crippen molar-refractivity contribution in [3.05, 3.63) is 163 Å². The molecule has 3 nitrogen and oxygen atoms in total. The van der Waals surface area contributed by atoms with Crippen LogP contribution in [0, 0.1) is 0 Å². The van der Waals surface area contributed by atoms with Crippen LogP contribution in [0.4, 0.5) is 17.1 Å². The van der Waals surface area contributed by atoms with Crippen molar-refractivity contribution in [2.24, 2.45) is 0 Å². The van der Waals surface area contributed by atoms with E-state index in [4.69, 9.17) is 9.47 Å². The number of anilines is 3. The highest BCUT2D eigenvalue weighted by Gasteiger charge is 2.40. The van der Waals surface area contributed by atoms with E-state index in [0.717, 1.165) is 72.1 Å². The number of para-hydroxylation sites is 1. The van der Waals surface area contributed by atoms with E-state index in [1.807, 2.05) is 6.07 Å². The molecule has 0 amide bonds. The lowest BCUT2D eigenvalue weighted by molar-refractivity contribution is 0.455. The van der Waals surface area contributed by atoms with Crippen LogP contribution >= 0.6 is 11.8 Å². The van der Waals surface area contributed by atoms with E-state index in [1.54, 1.807) is 11.8 Å². The van der Waals surface area contributed by atoms with E-state index >= 15 is 0 Å². The van der Waals surface area contributed by atoms with Crippen LogP contribution in [-0.2, 0) is 5.41 Å². The summed E-state index contributed by atoms with van der Waals surface area (Å²) in [5.41, 5.74) is 12.5. The van der Waals surface area contributed by atoms with Gasteiger partial charge in [0.25, 0.3) is 0 Å². The second kappa shape index (κ2) is 10.6. The van der Waals surface area contributed by atoms with Crippen LogP contribution in [0.2, 0.25) is 0 Å².